The molecular weight excluding hydrogens is 224 g/mol. The lowest BCUT2D eigenvalue weighted by Crippen LogP contribution is -2.31. The van der Waals surface area contributed by atoms with Crippen molar-refractivity contribution in [2.45, 2.75) is 46.1 Å². The summed E-state index contributed by atoms with van der Waals surface area (Å²) in [7, 11) is 0. The van der Waals surface area contributed by atoms with E-state index in [0.717, 1.165) is 17.0 Å². The van der Waals surface area contributed by atoms with Crippen molar-refractivity contribution < 1.29 is 0 Å². The van der Waals surface area contributed by atoms with E-state index in [1.165, 1.54) is 19.3 Å². The molecule has 2 aromatic rings. The van der Waals surface area contributed by atoms with Crippen molar-refractivity contribution in [3.05, 3.63) is 24.2 Å². The average molecular weight is 244 g/mol. The van der Waals surface area contributed by atoms with Gasteiger partial charge in [0.2, 0.25) is 0 Å². The topological polar surface area (TPSA) is 42.2 Å². The number of rotatable bonds is 2. The highest BCUT2D eigenvalue weighted by molar-refractivity contribution is 5.68. The van der Waals surface area contributed by atoms with Gasteiger partial charge in [-0.05, 0) is 31.2 Å². The SMILES string of the molecule is Cc1cc2c(NC3CCCC3(C)C)nccn2n1. The number of hydrogen-bond acceptors (Lipinski definition) is 3. The zero-order valence-electron chi connectivity index (χ0n) is 11.3. The highest BCUT2D eigenvalue weighted by Gasteiger charge is 2.34. The molecule has 1 aliphatic carbocycles. The molecule has 1 N–H and O–H groups in total. The summed E-state index contributed by atoms with van der Waals surface area (Å²) in [5.41, 5.74) is 2.44. The van der Waals surface area contributed by atoms with Crippen LogP contribution in [0.3, 0.4) is 0 Å². The number of aromatic nitrogens is 3. The molecule has 0 aliphatic heterocycles. The first-order valence-corrected chi connectivity index (χ1v) is 6.64. The van der Waals surface area contributed by atoms with Crippen LogP contribution in [0.1, 0.15) is 38.8 Å². The Morgan fingerprint density at radius 1 is 1.44 bits per heavy atom. The van der Waals surface area contributed by atoms with Crippen LogP contribution in [-0.4, -0.2) is 20.6 Å². The highest BCUT2D eigenvalue weighted by Crippen LogP contribution is 2.39. The maximum absolute atomic E-state index is 4.48. The fourth-order valence-electron chi connectivity index (χ4n) is 2.91. The number of nitrogens with zero attached hydrogens (tertiary/aromatic N) is 3. The van der Waals surface area contributed by atoms with Crippen LogP contribution in [0, 0.1) is 12.3 Å². The Morgan fingerprint density at radius 2 is 2.28 bits per heavy atom. The Labute approximate surface area is 107 Å². The van der Waals surface area contributed by atoms with Crippen molar-refractivity contribution in [1.29, 1.82) is 0 Å². The molecule has 2 heterocycles. The van der Waals surface area contributed by atoms with Crippen LogP contribution in [0.2, 0.25) is 0 Å². The number of hydrogen-bond donors (Lipinski definition) is 1. The van der Waals surface area contributed by atoms with Gasteiger partial charge in [0.1, 0.15) is 5.52 Å². The molecule has 96 valence electrons. The van der Waals surface area contributed by atoms with Gasteiger partial charge >= 0.3 is 0 Å². The second-order valence-electron chi connectivity index (χ2n) is 5.97. The van der Waals surface area contributed by atoms with Crippen LogP contribution >= 0.6 is 0 Å². The quantitative estimate of drug-likeness (QED) is 0.883. The minimum atomic E-state index is 0.351. The van der Waals surface area contributed by atoms with E-state index in [4.69, 9.17) is 0 Å². The van der Waals surface area contributed by atoms with Gasteiger partial charge in [-0.3, -0.25) is 0 Å². The monoisotopic (exact) mass is 244 g/mol. The van der Waals surface area contributed by atoms with Crippen LogP contribution in [-0.2, 0) is 0 Å². The van der Waals surface area contributed by atoms with E-state index in [2.05, 4.69) is 35.3 Å². The van der Waals surface area contributed by atoms with Gasteiger partial charge in [-0.15, -0.1) is 0 Å². The predicted octanol–water partition coefficient (Wildman–Crippen LogP) is 3.03. The lowest BCUT2D eigenvalue weighted by atomic mass is 9.87. The Balaban J connectivity index is 1.95. The normalized spacial score (nSPS) is 22.5. The molecule has 4 heteroatoms. The van der Waals surface area contributed by atoms with Crippen molar-refractivity contribution in [2.75, 3.05) is 5.32 Å². The van der Waals surface area contributed by atoms with Crippen LogP contribution in [0.15, 0.2) is 18.5 Å². The zero-order valence-corrected chi connectivity index (χ0v) is 11.3. The highest BCUT2D eigenvalue weighted by atomic mass is 15.2. The summed E-state index contributed by atoms with van der Waals surface area (Å²) in [5.74, 6) is 0.957. The molecule has 0 amide bonds. The molecule has 1 unspecified atom stereocenters. The van der Waals surface area contributed by atoms with Crippen LogP contribution < -0.4 is 5.32 Å². The number of nitrogens with one attached hydrogen (secondary N) is 1. The van der Waals surface area contributed by atoms with Crippen LogP contribution in [0.4, 0.5) is 5.82 Å². The standard InChI is InChI=1S/C14H20N4/c1-10-9-11-13(15-7-8-18(11)17-10)16-12-5-4-6-14(12,2)3/h7-9,12H,4-6H2,1-3H3,(H,15,16). The molecule has 0 spiro atoms. The molecular formula is C14H20N4. The molecule has 4 nitrogen and oxygen atoms in total. The summed E-state index contributed by atoms with van der Waals surface area (Å²) in [6.45, 7) is 6.68. The van der Waals surface area contributed by atoms with Gasteiger partial charge in [0.15, 0.2) is 5.82 Å². The zero-order chi connectivity index (χ0) is 12.8. The summed E-state index contributed by atoms with van der Waals surface area (Å²) in [4.78, 5) is 4.48. The number of anilines is 1. The van der Waals surface area contributed by atoms with E-state index in [9.17, 15) is 0 Å². The maximum atomic E-state index is 4.48. The Morgan fingerprint density at radius 3 is 3.00 bits per heavy atom. The van der Waals surface area contributed by atoms with Crippen molar-refractivity contribution in [1.82, 2.24) is 14.6 Å². The molecule has 1 saturated carbocycles. The fraction of sp³-hybridized carbons (Fsp3) is 0.571. The molecule has 0 bridgehead atoms. The summed E-state index contributed by atoms with van der Waals surface area (Å²) >= 11 is 0. The molecule has 2 aromatic heterocycles. The van der Waals surface area contributed by atoms with E-state index in [1.54, 1.807) is 0 Å². The Kier molecular flexibility index (Phi) is 2.54. The van der Waals surface area contributed by atoms with Crippen molar-refractivity contribution in [3.8, 4) is 0 Å². The van der Waals surface area contributed by atoms with Gasteiger partial charge in [0.25, 0.3) is 0 Å². The van der Waals surface area contributed by atoms with E-state index >= 15 is 0 Å². The lowest BCUT2D eigenvalue weighted by Gasteiger charge is -2.28. The first kappa shape index (κ1) is 11.5. The lowest BCUT2D eigenvalue weighted by molar-refractivity contribution is 0.349. The van der Waals surface area contributed by atoms with Crippen LogP contribution in [0.5, 0.6) is 0 Å². The molecule has 1 aliphatic rings. The Hall–Kier alpha value is -1.58. The summed E-state index contributed by atoms with van der Waals surface area (Å²) < 4.78 is 1.90. The third-order valence-electron chi connectivity index (χ3n) is 4.08. The van der Waals surface area contributed by atoms with E-state index in [1.807, 2.05) is 23.8 Å². The molecule has 0 aromatic carbocycles. The summed E-state index contributed by atoms with van der Waals surface area (Å²) in [5, 5.41) is 8.04. The predicted molar refractivity (Wildman–Crippen MR) is 72.8 cm³/mol. The molecule has 1 fully saturated rings. The van der Waals surface area contributed by atoms with E-state index in [0.29, 0.717) is 11.5 Å². The molecule has 0 radical (unpaired) electrons. The Bertz CT molecular complexity index is 570. The van der Waals surface area contributed by atoms with Crippen molar-refractivity contribution in [3.63, 3.8) is 0 Å². The minimum absolute atomic E-state index is 0.351. The van der Waals surface area contributed by atoms with Gasteiger partial charge < -0.3 is 5.32 Å². The molecule has 3 rings (SSSR count). The summed E-state index contributed by atoms with van der Waals surface area (Å²) in [6, 6.07) is 2.59. The number of aryl methyl sites for hydroxylation is 1. The smallest absolute Gasteiger partial charge is 0.152 e. The van der Waals surface area contributed by atoms with Crippen molar-refractivity contribution in [2.24, 2.45) is 5.41 Å². The van der Waals surface area contributed by atoms with Crippen molar-refractivity contribution >= 4 is 11.3 Å². The van der Waals surface area contributed by atoms with Crippen LogP contribution in [0.25, 0.3) is 5.52 Å². The molecule has 18 heavy (non-hydrogen) atoms. The van der Waals surface area contributed by atoms with Gasteiger partial charge in [-0.1, -0.05) is 20.3 Å². The third-order valence-corrected chi connectivity index (χ3v) is 4.08. The number of fused-ring (bicyclic) bond motifs is 1. The van der Waals surface area contributed by atoms with Gasteiger partial charge in [0, 0.05) is 18.4 Å². The van der Waals surface area contributed by atoms with E-state index in [-0.39, 0.29) is 0 Å². The fourth-order valence-corrected chi connectivity index (χ4v) is 2.91. The third kappa shape index (κ3) is 1.85. The first-order chi connectivity index (χ1) is 8.56. The minimum Gasteiger partial charge on any atom is -0.365 e. The average Bonchev–Trinajstić information content (AvgIpc) is 2.82. The largest absolute Gasteiger partial charge is 0.365 e. The second kappa shape index (κ2) is 3.97. The first-order valence-electron chi connectivity index (χ1n) is 6.64. The summed E-state index contributed by atoms with van der Waals surface area (Å²) in [6.07, 6.45) is 7.51. The van der Waals surface area contributed by atoms with Gasteiger partial charge in [-0.25, -0.2) is 9.50 Å². The van der Waals surface area contributed by atoms with Gasteiger partial charge in [0.05, 0.1) is 5.69 Å². The second-order valence-corrected chi connectivity index (χ2v) is 5.97. The molecule has 1 atom stereocenters. The molecule has 0 saturated heterocycles. The van der Waals surface area contributed by atoms with Gasteiger partial charge in [-0.2, -0.15) is 5.10 Å². The maximum Gasteiger partial charge on any atom is 0.152 e. The van der Waals surface area contributed by atoms with E-state index < -0.39 is 0 Å².